The maximum Gasteiger partial charge on any atom is 0.220 e. The van der Waals surface area contributed by atoms with Gasteiger partial charge in [-0.15, -0.1) is 0 Å². The van der Waals surface area contributed by atoms with Gasteiger partial charge in [0.2, 0.25) is 5.91 Å². The fraction of sp³-hybridized carbons (Fsp3) is 0.792. The van der Waals surface area contributed by atoms with Gasteiger partial charge in [0.25, 0.3) is 0 Å². The van der Waals surface area contributed by atoms with Gasteiger partial charge in [-0.05, 0) is 25.7 Å². The Labute approximate surface area is 173 Å². The van der Waals surface area contributed by atoms with Crippen LogP contribution in [-0.2, 0) is 4.79 Å². The van der Waals surface area contributed by atoms with Gasteiger partial charge in [0.1, 0.15) is 0 Å². The maximum absolute atomic E-state index is 11.3. The Morgan fingerprint density at radius 2 is 1.36 bits per heavy atom. The molecule has 0 aliphatic carbocycles. The number of aliphatic hydroxyl groups is 2. The second-order valence-electron chi connectivity index (χ2n) is 7.65. The van der Waals surface area contributed by atoms with Crippen LogP contribution in [0.5, 0.6) is 0 Å². The van der Waals surface area contributed by atoms with Crippen LogP contribution >= 0.6 is 0 Å². The molecule has 0 bridgehead atoms. The molecule has 0 aliphatic heterocycles. The van der Waals surface area contributed by atoms with Crippen molar-refractivity contribution in [2.45, 2.75) is 116 Å². The predicted molar refractivity (Wildman–Crippen MR) is 119 cm³/mol. The normalized spacial score (nSPS) is 14.0. The molecule has 0 aromatic heterocycles. The molecule has 164 valence electrons. The second kappa shape index (κ2) is 20.6. The molecule has 0 aromatic rings. The fourth-order valence-corrected chi connectivity index (χ4v) is 3.10. The first-order valence-corrected chi connectivity index (χ1v) is 11.6. The number of carbonyl (C=O) groups excluding carboxylic acids is 1. The summed E-state index contributed by atoms with van der Waals surface area (Å²) in [5.74, 6) is -0.165. The Morgan fingerprint density at radius 3 is 1.93 bits per heavy atom. The molecule has 0 heterocycles. The zero-order valence-corrected chi connectivity index (χ0v) is 18.4. The summed E-state index contributed by atoms with van der Waals surface area (Å²) in [7, 11) is 0. The standard InChI is InChI=1S/C24H45NO3/c1-3-5-6-7-8-9-10-11-12-13-14-15-16-17-18-19-20-23(27)22(21-26)25-24(28)4-2/h15-16,19-20,22-23,26-27H,3-14,17-18,21H2,1-2H3,(H,25,28)/b16-15+,20-19+. The zero-order chi connectivity index (χ0) is 20.9. The Morgan fingerprint density at radius 1 is 0.821 bits per heavy atom. The summed E-state index contributed by atoms with van der Waals surface area (Å²) in [5.41, 5.74) is 0. The fourth-order valence-electron chi connectivity index (χ4n) is 3.10. The van der Waals surface area contributed by atoms with Gasteiger partial charge in [-0.3, -0.25) is 4.79 Å². The van der Waals surface area contributed by atoms with Gasteiger partial charge in [0.15, 0.2) is 0 Å². The van der Waals surface area contributed by atoms with Gasteiger partial charge < -0.3 is 15.5 Å². The molecule has 0 aliphatic rings. The Balaban J connectivity index is 3.56. The molecule has 1 amide bonds. The third kappa shape index (κ3) is 17.0. The predicted octanol–water partition coefficient (Wildman–Crippen LogP) is 5.44. The Kier molecular flexibility index (Phi) is 19.8. The van der Waals surface area contributed by atoms with Crippen LogP contribution in [0.25, 0.3) is 0 Å². The van der Waals surface area contributed by atoms with E-state index in [0.717, 1.165) is 19.3 Å². The molecule has 28 heavy (non-hydrogen) atoms. The summed E-state index contributed by atoms with van der Waals surface area (Å²) in [6.07, 6.45) is 24.2. The number of aliphatic hydroxyl groups excluding tert-OH is 2. The summed E-state index contributed by atoms with van der Waals surface area (Å²) in [5, 5.41) is 21.9. The van der Waals surface area contributed by atoms with Crippen LogP contribution in [0.15, 0.2) is 24.3 Å². The van der Waals surface area contributed by atoms with Crippen LogP contribution in [0.2, 0.25) is 0 Å². The second-order valence-corrected chi connectivity index (χ2v) is 7.65. The molecular weight excluding hydrogens is 350 g/mol. The van der Waals surface area contributed by atoms with E-state index in [0.29, 0.717) is 6.42 Å². The largest absolute Gasteiger partial charge is 0.394 e. The van der Waals surface area contributed by atoms with Crippen LogP contribution in [0.3, 0.4) is 0 Å². The van der Waals surface area contributed by atoms with Crippen molar-refractivity contribution < 1.29 is 15.0 Å². The minimum Gasteiger partial charge on any atom is -0.394 e. The summed E-state index contributed by atoms with van der Waals surface area (Å²) in [4.78, 5) is 11.3. The Bertz CT molecular complexity index is 407. The maximum atomic E-state index is 11.3. The molecule has 0 fully saturated rings. The Hall–Kier alpha value is -1.13. The molecular formula is C24H45NO3. The minimum atomic E-state index is -0.851. The first-order chi connectivity index (χ1) is 13.7. The number of amides is 1. The third-order valence-electron chi connectivity index (χ3n) is 5.00. The topological polar surface area (TPSA) is 69.6 Å². The van der Waals surface area contributed by atoms with Crippen molar-refractivity contribution in [2.75, 3.05) is 6.61 Å². The number of carbonyl (C=O) groups is 1. The van der Waals surface area contributed by atoms with E-state index in [4.69, 9.17) is 0 Å². The number of allylic oxidation sites excluding steroid dienone is 3. The first kappa shape index (κ1) is 26.9. The van der Waals surface area contributed by atoms with E-state index in [1.54, 1.807) is 13.0 Å². The van der Waals surface area contributed by atoms with E-state index in [1.165, 1.54) is 64.2 Å². The summed E-state index contributed by atoms with van der Waals surface area (Å²) in [6.45, 7) is 3.74. The lowest BCUT2D eigenvalue weighted by atomic mass is 10.1. The van der Waals surface area contributed by atoms with Crippen molar-refractivity contribution in [3.8, 4) is 0 Å². The van der Waals surface area contributed by atoms with Gasteiger partial charge in [-0.1, -0.05) is 95.9 Å². The van der Waals surface area contributed by atoms with Crippen LogP contribution in [-0.4, -0.2) is 34.9 Å². The zero-order valence-electron chi connectivity index (χ0n) is 18.4. The highest BCUT2D eigenvalue weighted by molar-refractivity contribution is 5.75. The molecule has 0 aromatic carbocycles. The van der Waals surface area contributed by atoms with E-state index in [1.807, 2.05) is 6.08 Å². The smallest absolute Gasteiger partial charge is 0.220 e. The van der Waals surface area contributed by atoms with Gasteiger partial charge in [-0.2, -0.15) is 0 Å². The monoisotopic (exact) mass is 395 g/mol. The SMILES string of the molecule is CCCCCCCCCCCC/C=C/CC/C=C/C(O)C(CO)NC(=O)CC. The van der Waals surface area contributed by atoms with Crippen molar-refractivity contribution in [3.05, 3.63) is 24.3 Å². The molecule has 0 spiro atoms. The van der Waals surface area contributed by atoms with Crippen molar-refractivity contribution >= 4 is 5.91 Å². The van der Waals surface area contributed by atoms with Gasteiger partial charge >= 0.3 is 0 Å². The van der Waals surface area contributed by atoms with E-state index < -0.39 is 12.1 Å². The lowest BCUT2D eigenvalue weighted by Crippen LogP contribution is -2.44. The van der Waals surface area contributed by atoms with Crippen LogP contribution < -0.4 is 5.32 Å². The highest BCUT2D eigenvalue weighted by Gasteiger charge is 2.16. The van der Waals surface area contributed by atoms with E-state index in [2.05, 4.69) is 24.4 Å². The minimum absolute atomic E-state index is 0.165. The van der Waals surface area contributed by atoms with E-state index in [9.17, 15) is 15.0 Å². The average molecular weight is 396 g/mol. The number of hydrogen-bond donors (Lipinski definition) is 3. The molecule has 0 saturated heterocycles. The molecule has 0 saturated carbocycles. The van der Waals surface area contributed by atoms with Crippen molar-refractivity contribution in [1.82, 2.24) is 5.32 Å². The molecule has 4 heteroatoms. The molecule has 4 nitrogen and oxygen atoms in total. The number of hydrogen-bond acceptors (Lipinski definition) is 3. The van der Waals surface area contributed by atoms with Gasteiger partial charge in [-0.25, -0.2) is 0 Å². The van der Waals surface area contributed by atoms with Crippen LogP contribution in [0, 0.1) is 0 Å². The summed E-state index contributed by atoms with van der Waals surface area (Å²) in [6, 6.07) is -0.629. The number of rotatable bonds is 19. The van der Waals surface area contributed by atoms with Crippen molar-refractivity contribution in [1.29, 1.82) is 0 Å². The van der Waals surface area contributed by atoms with Gasteiger partial charge in [0, 0.05) is 6.42 Å². The van der Waals surface area contributed by atoms with E-state index >= 15 is 0 Å². The highest BCUT2D eigenvalue weighted by atomic mass is 16.3. The quantitative estimate of drug-likeness (QED) is 0.201. The molecule has 0 rings (SSSR count). The van der Waals surface area contributed by atoms with Crippen molar-refractivity contribution in [3.63, 3.8) is 0 Å². The molecule has 2 atom stereocenters. The first-order valence-electron chi connectivity index (χ1n) is 11.6. The molecule has 0 radical (unpaired) electrons. The van der Waals surface area contributed by atoms with E-state index in [-0.39, 0.29) is 12.5 Å². The molecule has 2 unspecified atom stereocenters. The molecule has 3 N–H and O–H groups in total. The lowest BCUT2D eigenvalue weighted by Gasteiger charge is -2.19. The van der Waals surface area contributed by atoms with Crippen LogP contribution in [0.1, 0.15) is 104 Å². The average Bonchev–Trinajstić information content (AvgIpc) is 2.71. The highest BCUT2D eigenvalue weighted by Crippen LogP contribution is 2.11. The van der Waals surface area contributed by atoms with Crippen molar-refractivity contribution in [2.24, 2.45) is 0 Å². The third-order valence-corrected chi connectivity index (χ3v) is 5.00. The van der Waals surface area contributed by atoms with Gasteiger partial charge in [0.05, 0.1) is 18.8 Å². The number of nitrogens with one attached hydrogen (secondary N) is 1. The summed E-state index contributed by atoms with van der Waals surface area (Å²) >= 11 is 0. The summed E-state index contributed by atoms with van der Waals surface area (Å²) < 4.78 is 0. The lowest BCUT2D eigenvalue weighted by molar-refractivity contribution is -0.122. The number of unbranched alkanes of at least 4 members (excludes halogenated alkanes) is 11. The van der Waals surface area contributed by atoms with Crippen LogP contribution in [0.4, 0.5) is 0 Å².